The molecule has 2 aliphatic heterocycles. The summed E-state index contributed by atoms with van der Waals surface area (Å²) in [5, 5.41) is 6.83. The predicted octanol–water partition coefficient (Wildman–Crippen LogP) is 2.49. The van der Waals surface area contributed by atoms with Crippen molar-refractivity contribution in [2.24, 2.45) is 4.99 Å². The minimum absolute atomic E-state index is 0. The minimum Gasteiger partial charge on any atom is -0.373 e. The highest BCUT2D eigenvalue weighted by Gasteiger charge is 2.32. The summed E-state index contributed by atoms with van der Waals surface area (Å²) in [6.07, 6.45) is 3.86. The molecule has 1 aromatic carbocycles. The van der Waals surface area contributed by atoms with E-state index in [9.17, 15) is 0 Å². The van der Waals surface area contributed by atoms with Crippen LogP contribution in [0.4, 0.5) is 0 Å². The van der Waals surface area contributed by atoms with Crippen LogP contribution < -0.4 is 10.6 Å². The maximum atomic E-state index is 6.00. The number of ether oxygens (including phenoxy) is 1. The molecule has 0 radical (unpaired) electrons. The van der Waals surface area contributed by atoms with Gasteiger partial charge in [-0.15, -0.1) is 24.0 Å². The Balaban J connectivity index is 0.00000243. The lowest BCUT2D eigenvalue weighted by Gasteiger charge is -2.35. The van der Waals surface area contributed by atoms with Crippen molar-refractivity contribution in [3.63, 3.8) is 0 Å². The number of aliphatic imine (C=N–C) groups is 1. The zero-order valence-electron chi connectivity index (χ0n) is 16.3. The molecule has 146 valence electrons. The second kappa shape index (κ2) is 10.5. The summed E-state index contributed by atoms with van der Waals surface area (Å²) >= 11 is 0. The van der Waals surface area contributed by atoms with E-state index in [0.717, 1.165) is 38.6 Å². The molecule has 2 saturated heterocycles. The van der Waals surface area contributed by atoms with Crippen molar-refractivity contribution in [1.29, 1.82) is 0 Å². The summed E-state index contributed by atoms with van der Waals surface area (Å²) < 4.78 is 6.00. The number of hydrogen-bond donors (Lipinski definition) is 2. The Hall–Kier alpha value is -0.860. The average Bonchev–Trinajstić information content (AvgIpc) is 3.04. The maximum Gasteiger partial charge on any atom is 0.191 e. The Morgan fingerprint density at radius 3 is 2.73 bits per heavy atom. The normalized spacial score (nSPS) is 23.3. The van der Waals surface area contributed by atoms with Crippen LogP contribution in [0.15, 0.2) is 23.2 Å². The zero-order chi connectivity index (χ0) is 17.6. The molecular formula is C20H33IN4O. The lowest BCUT2D eigenvalue weighted by Crippen LogP contribution is -2.51. The van der Waals surface area contributed by atoms with Gasteiger partial charge in [0.25, 0.3) is 0 Å². The van der Waals surface area contributed by atoms with Crippen LogP contribution in [0.3, 0.4) is 0 Å². The fraction of sp³-hybridized carbons (Fsp3) is 0.650. The summed E-state index contributed by atoms with van der Waals surface area (Å²) in [4.78, 5) is 6.91. The van der Waals surface area contributed by atoms with Crippen molar-refractivity contribution in [2.45, 2.75) is 45.3 Å². The number of fused-ring (bicyclic) bond motifs is 1. The Kier molecular flexibility index (Phi) is 8.63. The van der Waals surface area contributed by atoms with Crippen molar-refractivity contribution in [3.05, 3.63) is 34.9 Å². The van der Waals surface area contributed by atoms with Crippen molar-refractivity contribution < 1.29 is 4.74 Å². The fourth-order valence-electron chi connectivity index (χ4n) is 3.98. The van der Waals surface area contributed by atoms with Crippen molar-refractivity contribution >= 4 is 29.9 Å². The smallest absolute Gasteiger partial charge is 0.191 e. The van der Waals surface area contributed by atoms with Crippen molar-refractivity contribution in [2.75, 3.05) is 39.8 Å². The number of guanidine groups is 1. The summed E-state index contributed by atoms with van der Waals surface area (Å²) in [5.41, 5.74) is 4.02. The van der Waals surface area contributed by atoms with E-state index in [1.54, 1.807) is 0 Å². The molecule has 0 aromatic heterocycles. The van der Waals surface area contributed by atoms with Crippen molar-refractivity contribution in [3.8, 4) is 0 Å². The zero-order valence-corrected chi connectivity index (χ0v) is 18.6. The van der Waals surface area contributed by atoms with Crippen LogP contribution in [0.5, 0.6) is 0 Å². The van der Waals surface area contributed by atoms with Crippen LogP contribution in [-0.2, 0) is 11.2 Å². The Bertz CT molecular complexity index is 587. The van der Waals surface area contributed by atoms with Gasteiger partial charge in [-0.2, -0.15) is 0 Å². The third kappa shape index (κ3) is 6.09. The minimum atomic E-state index is 0. The topological polar surface area (TPSA) is 48.9 Å². The molecule has 26 heavy (non-hydrogen) atoms. The molecule has 5 nitrogen and oxygen atoms in total. The standard InChI is InChI=1S/C20H32N4O.HI/c1-15-9-16(2)11-17(10-15)6-7-22-20(21-3)23-12-19-13-24-8-4-5-18(24)14-25-19;/h9-11,18-19H,4-8,12-14H2,1-3H3,(H2,21,22,23);1H. The van der Waals surface area contributed by atoms with Gasteiger partial charge in [0.1, 0.15) is 0 Å². The van der Waals surface area contributed by atoms with Gasteiger partial charge in [-0.1, -0.05) is 29.3 Å². The molecule has 1 aromatic rings. The van der Waals surface area contributed by atoms with E-state index < -0.39 is 0 Å². The first kappa shape index (κ1) is 21.4. The number of rotatable bonds is 5. The van der Waals surface area contributed by atoms with Gasteiger partial charge in [0.2, 0.25) is 0 Å². The maximum absolute atomic E-state index is 6.00. The second-order valence-electron chi connectivity index (χ2n) is 7.37. The van der Waals surface area contributed by atoms with Crippen LogP contribution in [-0.4, -0.2) is 62.8 Å². The van der Waals surface area contributed by atoms with Gasteiger partial charge in [0, 0.05) is 32.7 Å². The van der Waals surface area contributed by atoms with Gasteiger partial charge in [-0.05, 0) is 45.2 Å². The average molecular weight is 472 g/mol. The molecule has 2 fully saturated rings. The van der Waals surface area contributed by atoms with Gasteiger partial charge in [-0.3, -0.25) is 9.89 Å². The number of halogens is 1. The SMILES string of the molecule is CN=C(NCCc1cc(C)cc(C)c1)NCC1CN2CCCC2CO1.I. The Labute approximate surface area is 175 Å². The molecule has 3 rings (SSSR count). The first-order valence-electron chi connectivity index (χ1n) is 9.51. The summed E-state index contributed by atoms with van der Waals surface area (Å²) in [5.74, 6) is 0.858. The molecule has 0 saturated carbocycles. The molecule has 2 atom stereocenters. The largest absolute Gasteiger partial charge is 0.373 e. The Morgan fingerprint density at radius 1 is 1.23 bits per heavy atom. The highest BCUT2D eigenvalue weighted by molar-refractivity contribution is 14.0. The van der Waals surface area contributed by atoms with Gasteiger partial charge >= 0.3 is 0 Å². The van der Waals surface area contributed by atoms with E-state index in [0.29, 0.717) is 6.04 Å². The monoisotopic (exact) mass is 472 g/mol. The molecule has 6 heteroatoms. The van der Waals surface area contributed by atoms with Gasteiger partial charge < -0.3 is 15.4 Å². The first-order chi connectivity index (χ1) is 12.1. The van der Waals surface area contributed by atoms with Crippen LogP contribution in [0.1, 0.15) is 29.5 Å². The molecule has 0 spiro atoms. The predicted molar refractivity (Wildman–Crippen MR) is 119 cm³/mol. The third-order valence-corrected chi connectivity index (χ3v) is 5.17. The number of nitrogens with zero attached hydrogens (tertiary/aromatic N) is 2. The van der Waals surface area contributed by atoms with E-state index >= 15 is 0 Å². The quantitative estimate of drug-likeness (QED) is 0.393. The summed E-state index contributed by atoms with van der Waals surface area (Å²) in [7, 11) is 1.82. The number of morpholine rings is 1. The fourth-order valence-corrected chi connectivity index (χ4v) is 3.98. The Morgan fingerprint density at radius 2 is 2.00 bits per heavy atom. The second-order valence-corrected chi connectivity index (χ2v) is 7.37. The molecule has 2 heterocycles. The highest BCUT2D eigenvalue weighted by atomic mass is 127. The molecule has 0 aliphatic carbocycles. The van der Waals surface area contributed by atoms with Crippen molar-refractivity contribution in [1.82, 2.24) is 15.5 Å². The lowest BCUT2D eigenvalue weighted by molar-refractivity contribution is -0.0453. The molecule has 2 aliphatic rings. The van der Waals surface area contributed by atoms with Gasteiger partial charge in [0.15, 0.2) is 5.96 Å². The van der Waals surface area contributed by atoms with Crippen LogP contribution in [0.2, 0.25) is 0 Å². The van der Waals surface area contributed by atoms with Crippen LogP contribution >= 0.6 is 24.0 Å². The summed E-state index contributed by atoms with van der Waals surface area (Å²) in [6, 6.07) is 7.39. The van der Waals surface area contributed by atoms with E-state index in [1.807, 2.05) is 7.05 Å². The molecule has 0 bridgehead atoms. The number of aryl methyl sites for hydroxylation is 2. The molecule has 0 amide bonds. The van der Waals surface area contributed by atoms with E-state index in [2.05, 4.69) is 52.6 Å². The number of hydrogen-bond acceptors (Lipinski definition) is 3. The first-order valence-corrected chi connectivity index (χ1v) is 9.51. The van der Waals surface area contributed by atoms with Gasteiger partial charge in [-0.25, -0.2) is 0 Å². The van der Waals surface area contributed by atoms with Gasteiger partial charge in [0.05, 0.1) is 12.7 Å². The lowest BCUT2D eigenvalue weighted by atomic mass is 10.1. The number of benzene rings is 1. The van der Waals surface area contributed by atoms with E-state index in [1.165, 1.54) is 36.1 Å². The van der Waals surface area contributed by atoms with Crippen LogP contribution in [0.25, 0.3) is 0 Å². The molecule has 2 N–H and O–H groups in total. The summed E-state index contributed by atoms with van der Waals surface area (Å²) in [6.45, 7) is 9.14. The molecule has 2 unspecified atom stereocenters. The van der Waals surface area contributed by atoms with E-state index in [4.69, 9.17) is 4.74 Å². The number of nitrogens with one attached hydrogen (secondary N) is 2. The highest BCUT2D eigenvalue weighted by Crippen LogP contribution is 2.22. The third-order valence-electron chi connectivity index (χ3n) is 5.17. The van der Waals surface area contributed by atoms with E-state index in [-0.39, 0.29) is 30.1 Å². The molecular weight excluding hydrogens is 439 g/mol. The van der Waals surface area contributed by atoms with Crippen LogP contribution in [0, 0.1) is 13.8 Å².